The molecule has 0 aromatic heterocycles. The molecule has 0 unspecified atom stereocenters. The van der Waals surface area contributed by atoms with Crippen LogP contribution in [0.25, 0.3) is 6.08 Å². The molecular formula is C17H18NO4S2-. The van der Waals surface area contributed by atoms with E-state index in [0.29, 0.717) is 17.3 Å². The number of carbonyl (C=O) groups excluding carboxylic acids is 2. The molecule has 1 aliphatic heterocycles. The number of ether oxygens (including phenoxy) is 1. The largest absolute Gasteiger partial charge is 0.548 e. The Kier molecular flexibility index (Phi) is 6.01. The summed E-state index contributed by atoms with van der Waals surface area (Å²) in [4.78, 5) is 25.5. The summed E-state index contributed by atoms with van der Waals surface area (Å²) in [5.74, 6) is -1.31. The third-order valence-corrected chi connectivity index (χ3v) is 4.77. The standard InChI is InChI=1S/C17H19NO4S2/c1-4-22-12-7-5-6-11(8-12)9-13-15(19)18(17(23)24-13)14(10(2)3)16(20)21/h5-10,14H,4H2,1-3H3,(H,20,21)/p-1/b13-9+/t14-/m1/s1. The molecule has 1 aromatic rings. The summed E-state index contributed by atoms with van der Waals surface area (Å²) in [5.41, 5.74) is 0.788. The van der Waals surface area contributed by atoms with E-state index in [1.165, 1.54) is 0 Å². The Hall–Kier alpha value is -1.86. The van der Waals surface area contributed by atoms with Crippen molar-refractivity contribution in [1.29, 1.82) is 0 Å². The number of thiocarbonyl (C=S) groups is 1. The van der Waals surface area contributed by atoms with E-state index in [4.69, 9.17) is 17.0 Å². The second-order valence-electron chi connectivity index (χ2n) is 5.57. The average molecular weight is 364 g/mol. The molecule has 1 heterocycles. The fourth-order valence-corrected chi connectivity index (χ4v) is 3.74. The fourth-order valence-electron chi connectivity index (χ4n) is 2.41. The molecule has 0 N–H and O–H groups in total. The minimum atomic E-state index is -1.30. The van der Waals surface area contributed by atoms with Gasteiger partial charge in [-0.05, 0) is 36.6 Å². The number of aliphatic carboxylic acids is 1. The van der Waals surface area contributed by atoms with Gasteiger partial charge in [-0.2, -0.15) is 0 Å². The summed E-state index contributed by atoms with van der Waals surface area (Å²) in [6, 6.07) is 6.24. The molecule has 1 amide bonds. The zero-order valence-corrected chi connectivity index (χ0v) is 15.3. The van der Waals surface area contributed by atoms with Crippen LogP contribution in [0.1, 0.15) is 26.3 Å². The number of carbonyl (C=O) groups is 2. The van der Waals surface area contributed by atoms with Crippen LogP contribution < -0.4 is 9.84 Å². The summed E-state index contributed by atoms with van der Waals surface area (Å²) in [7, 11) is 0. The molecule has 5 nitrogen and oxygen atoms in total. The molecule has 7 heteroatoms. The zero-order valence-electron chi connectivity index (χ0n) is 13.6. The summed E-state index contributed by atoms with van der Waals surface area (Å²) in [5, 5.41) is 11.4. The van der Waals surface area contributed by atoms with Crippen LogP contribution in [0.3, 0.4) is 0 Å². The van der Waals surface area contributed by atoms with Crippen LogP contribution in [-0.4, -0.2) is 33.7 Å². The Balaban J connectivity index is 2.31. The molecule has 1 fully saturated rings. The Labute approximate surface area is 150 Å². The maximum absolute atomic E-state index is 12.6. The van der Waals surface area contributed by atoms with Gasteiger partial charge in [0.25, 0.3) is 5.91 Å². The molecule has 1 aliphatic rings. The Bertz CT molecular complexity index is 700. The molecule has 128 valence electrons. The van der Waals surface area contributed by atoms with Gasteiger partial charge in [-0.25, -0.2) is 0 Å². The first kappa shape index (κ1) is 18.5. The van der Waals surface area contributed by atoms with E-state index in [2.05, 4.69) is 0 Å². The molecule has 0 saturated carbocycles. The number of hydrogen-bond donors (Lipinski definition) is 0. The van der Waals surface area contributed by atoms with E-state index in [1.54, 1.807) is 19.9 Å². The first-order valence-corrected chi connectivity index (χ1v) is 8.78. The van der Waals surface area contributed by atoms with Crippen LogP contribution in [0.15, 0.2) is 29.2 Å². The number of hydrogen-bond acceptors (Lipinski definition) is 6. The first-order valence-electron chi connectivity index (χ1n) is 7.56. The smallest absolute Gasteiger partial charge is 0.266 e. The monoisotopic (exact) mass is 364 g/mol. The molecule has 0 radical (unpaired) electrons. The van der Waals surface area contributed by atoms with Gasteiger partial charge in [0.1, 0.15) is 10.1 Å². The van der Waals surface area contributed by atoms with Crippen molar-refractivity contribution in [2.24, 2.45) is 5.92 Å². The summed E-state index contributed by atoms with van der Waals surface area (Å²) in [6.07, 6.45) is 1.69. The molecule has 1 aromatic carbocycles. The topological polar surface area (TPSA) is 69.7 Å². The third kappa shape index (κ3) is 3.96. The van der Waals surface area contributed by atoms with Gasteiger partial charge in [-0.15, -0.1) is 0 Å². The quantitative estimate of drug-likeness (QED) is 0.568. The highest BCUT2D eigenvalue weighted by atomic mass is 32.2. The van der Waals surface area contributed by atoms with E-state index >= 15 is 0 Å². The van der Waals surface area contributed by atoms with Gasteiger partial charge in [0, 0.05) is 0 Å². The van der Waals surface area contributed by atoms with Crippen molar-refractivity contribution in [2.45, 2.75) is 26.8 Å². The minimum Gasteiger partial charge on any atom is -0.548 e. The van der Waals surface area contributed by atoms with Crippen molar-refractivity contribution in [2.75, 3.05) is 6.61 Å². The van der Waals surface area contributed by atoms with Gasteiger partial charge >= 0.3 is 0 Å². The van der Waals surface area contributed by atoms with Crippen molar-refractivity contribution in [1.82, 2.24) is 4.90 Å². The number of amides is 1. The normalized spacial score (nSPS) is 17.7. The van der Waals surface area contributed by atoms with Crippen molar-refractivity contribution in [3.05, 3.63) is 34.7 Å². The molecule has 0 aliphatic carbocycles. The second kappa shape index (κ2) is 7.81. The van der Waals surface area contributed by atoms with E-state index in [9.17, 15) is 14.7 Å². The van der Waals surface area contributed by atoms with Crippen molar-refractivity contribution < 1.29 is 19.4 Å². The summed E-state index contributed by atoms with van der Waals surface area (Å²) in [6.45, 7) is 5.87. The van der Waals surface area contributed by atoms with Gasteiger partial charge in [0.2, 0.25) is 0 Å². The van der Waals surface area contributed by atoms with Crippen molar-refractivity contribution in [3.63, 3.8) is 0 Å². The molecule has 24 heavy (non-hydrogen) atoms. The zero-order chi connectivity index (χ0) is 17.9. The molecule has 1 saturated heterocycles. The molecular weight excluding hydrogens is 346 g/mol. The van der Waals surface area contributed by atoms with Crippen LogP contribution in [0.2, 0.25) is 0 Å². The number of nitrogens with zero attached hydrogens (tertiary/aromatic N) is 1. The highest BCUT2D eigenvalue weighted by molar-refractivity contribution is 8.26. The van der Waals surface area contributed by atoms with Crippen LogP contribution in [0.4, 0.5) is 0 Å². The van der Waals surface area contributed by atoms with Gasteiger partial charge in [-0.3, -0.25) is 9.69 Å². The van der Waals surface area contributed by atoms with Gasteiger partial charge in [0.15, 0.2) is 0 Å². The molecule has 1 atom stereocenters. The predicted molar refractivity (Wildman–Crippen MR) is 96.3 cm³/mol. The highest BCUT2D eigenvalue weighted by Gasteiger charge is 2.38. The first-order chi connectivity index (χ1) is 11.3. The number of carboxylic acid groups (broad SMARTS) is 1. The minimum absolute atomic E-state index is 0.232. The molecule has 2 rings (SSSR count). The lowest BCUT2D eigenvalue weighted by atomic mass is 10.0. The Morgan fingerprint density at radius 3 is 2.75 bits per heavy atom. The van der Waals surface area contributed by atoms with Crippen molar-refractivity contribution in [3.8, 4) is 5.75 Å². The van der Waals surface area contributed by atoms with Crippen LogP contribution >= 0.6 is 24.0 Å². The number of rotatable bonds is 6. The predicted octanol–water partition coefficient (Wildman–Crippen LogP) is 2.06. The molecule has 0 bridgehead atoms. The van der Waals surface area contributed by atoms with Gasteiger partial charge < -0.3 is 14.6 Å². The lowest BCUT2D eigenvalue weighted by Crippen LogP contribution is -2.52. The lowest BCUT2D eigenvalue weighted by Gasteiger charge is -2.30. The van der Waals surface area contributed by atoms with Crippen LogP contribution in [0.5, 0.6) is 5.75 Å². The number of benzene rings is 1. The summed E-state index contributed by atoms with van der Waals surface area (Å²) >= 11 is 6.30. The van der Waals surface area contributed by atoms with E-state index < -0.39 is 17.9 Å². The average Bonchev–Trinajstić information content (AvgIpc) is 2.75. The Morgan fingerprint density at radius 1 is 1.46 bits per heavy atom. The Morgan fingerprint density at radius 2 is 2.17 bits per heavy atom. The van der Waals surface area contributed by atoms with Gasteiger partial charge in [0.05, 0.1) is 23.5 Å². The van der Waals surface area contributed by atoms with Crippen molar-refractivity contribution >= 4 is 46.3 Å². The van der Waals surface area contributed by atoms with E-state index in [1.807, 2.05) is 31.2 Å². The van der Waals surface area contributed by atoms with E-state index in [-0.39, 0.29) is 10.2 Å². The van der Waals surface area contributed by atoms with Crippen LogP contribution in [-0.2, 0) is 9.59 Å². The van der Waals surface area contributed by atoms with E-state index in [0.717, 1.165) is 22.2 Å². The maximum atomic E-state index is 12.6. The number of thioether (sulfide) groups is 1. The maximum Gasteiger partial charge on any atom is 0.266 e. The number of carboxylic acids is 1. The fraction of sp³-hybridized carbons (Fsp3) is 0.353. The highest BCUT2D eigenvalue weighted by Crippen LogP contribution is 2.35. The van der Waals surface area contributed by atoms with Gasteiger partial charge in [-0.1, -0.05) is 50.0 Å². The second-order valence-corrected chi connectivity index (χ2v) is 7.24. The summed E-state index contributed by atoms with van der Waals surface area (Å²) < 4.78 is 5.67. The molecule has 0 spiro atoms. The SMILES string of the molecule is CCOc1cccc(/C=C2/SC(=S)N([C@@H](C(=O)[O-])C(C)C)C2=O)c1. The van der Waals surface area contributed by atoms with Crippen LogP contribution in [0, 0.1) is 5.92 Å². The third-order valence-electron chi connectivity index (χ3n) is 3.44. The lowest BCUT2D eigenvalue weighted by molar-refractivity contribution is -0.311.